The van der Waals surface area contributed by atoms with Crippen molar-refractivity contribution < 1.29 is 9.53 Å². The van der Waals surface area contributed by atoms with Gasteiger partial charge in [-0.05, 0) is 59.4 Å². The molecular formula is C24H27NO2. The molecule has 0 saturated carbocycles. The van der Waals surface area contributed by atoms with Crippen LogP contribution in [0.4, 0.5) is 0 Å². The van der Waals surface area contributed by atoms with E-state index in [4.69, 9.17) is 4.74 Å². The number of fused-ring (bicyclic) bond motifs is 1. The van der Waals surface area contributed by atoms with Gasteiger partial charge in [-0.25, -0.2) is 0 Å². The van der Waals surface area contributed by atoms with Crippen molar-refractivity contribution in [3.05, 3.63) is 77.4 Å². The first-order valence-electron chi connectivity index (χ1n) is 9.64. The highest BCUT2D eigenvalue weighted by molar-refractivity contribution is 5.84. The van der Waals surface area contributed by atoms with Crippen molar-refractivity contribution in [1.82, 2.24) is 5.32 Å². The number of nitrogens with one attached hydrogen (secondary N) is 1. The summed E-state index contributed by atoms with van der Waals surface area (Å²) < 4.78 is 5.86. The van der Waals surface area contributed by atoms with Gasteiger partial charge in [-0.15, -0.1) is 0 Å². The van der Waals surface area contributed by atoms with Crippen molar-refractivity contribution in [2.45, 2.75) is 46.3 Å². The van der Waals surface area contributed by atoms with Gasteiger partial charge in [0.15, 0.2) is 6.10 Å². The van der Waals surface area contributed by atoms with Gasteiger partial charge in [0.2, 0.25) is 0 Å². The zero-order valence-electron chi connectivity index (χ0n) is 16.3. The summed E-state index contributed by atoms with van der Waals surface area (Å²) in [5.74, 6) is 0.602. The highest BCUT2D eigenvalue weighted by atomic mass is 16.5. The number of hydrogen-bond acceptors (Lipinski definition) is 2. The first-order valence-corrected chi connectivity index (χ1v) is 9.64. The Morgan fingerprint density at radius 2 is 1.70 bits per heavy atom. The number of amides is 1. The van der Waals surface area contributed by atoms with Gasteiger partial charge in [0.25, 0.3) is 5.91 Å². The zero-order chi connectivity index (χ0) is 19.2. The lowest BCUT2D eigenvalue weighted by molar-refractivity contribution is -0.127. The Labute approximate surface area is 161 Å². The minimum absolute atomic E-state index is 0.105. The molecule has 0 aromatic heterocycles. The highest BCUT2D eigenvalue weighted by Crippen LogP contribution is 2.21. The van der Waals surface area contributed by atoms with E-state index in [0.717, 1.165) is 23.6 Å². The predicted molar refractivity (Wildman–Crippen MR) is 111 cm³/mol. The number of hydrogen-bond donors (Lipinski definition) is 1. The van der Waals surface area contributed by atoms with Crippen LogP contribution < -0.4 is 10.1 Å². The first kappa shape index (κ1) is 19.0. The molecule has 0 aliphatic heterocycles. The fourth-order valence-electron chi connectivity index (χ4n) is 3.23. The predicted octanol–water partition coefficient (Wildman–Crippen LogP) is 5.05. The summed E-state index contributed by atoms with van der Waals surface area (Å²) in [4.78, 5) is 12.5. The van der Waals surface area contributed by atoms with Crippen LogP contribution in [0.5, 0.6) is 5.75 Å². The van der Waals surface area contributed by atoms with Crippen LogP contribution in [0.3, 0.4) is 0 Å². The number of carbonyl (C=O) groups is 1. The van der Waals surface area contributed by atoms with Crippen molar-refractivity contribution in [2.75, 3.05) is 0 Å². The summed E-state index contributed by atoms with van der Waals surface area (Å²) in [6, 6.07) is 20.5. The van der Waals surface area contributed by atoms with Crippen LogP contribution in [0.25, 0.3) is 10.8 Å². The average Bonchev–Trinajstić information content (AvgIpc) is 2.71. The van der Waals surface area contributed by atoms with E-state index in [9.17, 15) is 4.79 Å². The van der Waals surface area contributed by atoms with E-state index < -0.39 is 6.10 Å². The van der Waals surface area contributed by atoms with E-state index >= 15 is 0 Å². The second-order valence-electron chi connectivity index (χ2n) is 6.80. The molecule has 3 aromatic carbocycles. The molecule has 140 valence electrons. The van der Waals surface area contributed by atoms with Crippen molar-refractivity contribution in [3.8, 4) is 5.75 Å². The van der Waals surface area contributed by atoms with Crippen molar-refractivity contribution >= 4 is 16.7 Å². The van der Waals surface area contributed by atoms with Gasteiger partial charge < -0.3 is 10.1 Å². The van der Waals surface area contributed by atoms with Gasteiger partial charge in [0.1, 0.15) is 5.75 Å². The van der Waals surface area contributed by atoms with Crippen LogP contribution in [-0.2, 0) is 24.2 Å². The Balaban J connectivity index is 1.63. The Morgan fingerprint density at radius 3 is 2.44 bits per heavy atom. The molecule has 3 heteroatoms. The lowest BCUT2D eigenvalue weighted by Gasteiger charge is -2.16. The lowest BCUT2D eigenvalue weighted by atomic mass is 10.0. The zero-order valence-corrected chi connectivity index (χ0v) is 16.3. The van der Waals surface area contributed by atoms with Crippen LogP contribution in [0.1, 0.15) is 37.5 Å². The molecule has 0 spiro atoms. The molecule has 0 unspecified atom stereocenters. The Hall–Kier alpha value is -2.81. The second-order valence-corrected chi connectivity index (χ2v) is 6.80. The van der Waals surface area contributed by atoms with Gasteiger partial charge in [0.05, 0.1) is 0 Å². The maximum Gasteiger partial charge on any atom is 0.261 e. The minimum atomic E-state index is -0.550. The van der Waals surface area contributed by atoms with Crippen LogP contribution in [0.2, 0.25) is 0 Å². The van der Waals surface area contributed by atoms with Crippen LogP contribution in [0.15, 0.2) is 60.7 Å². The molecule has 0 fully saturated rings. The van der Waals surface area contributed by atoms with Crippen LogP contribution in [0, 0.1) is 0 Å². The topological polar surface area (TPSA) is 38.3 Å². The van der Waals surface area contributed by atoms with E-state index in [2.05, 4.69) is 43.4 Å². The van der Waals surface area contributed by atoms with E-state index in [1.807, 2.05) is 36.4 Å². The minimum Gasteiger partial charge on any atom is -0.481 e. The van der Waals surface area contributed by atoms with Crippen molar-refractivity contribution in [2.24, 2.45) is 0 Å². The number of rotatable bonds is 7. The van der Waals surface area contributed by atoms with E-state index in [-0.39, 0.29) is 5.91 Å². The molecule has 0 aliphatic rings. The molecular weight excluding hydrogens is 334 g/mol. The normalized spacial score (nSPS) is 12.0. The number of benzene rings is 3. The molecule has 1 atom stereocenters. The summed E-state index contributed by atoms with van der Waals surface area (Å²) in [7, 11) is 0. The number of ether oxygens (including phenoxy) is 1. The third-order valence-corrected chi connectivity index (χ3v) is 4.92. The van der Waals surface area contributed by atoms with Gasteiger partial charge in [-0.2, -0.15) is 0 Å². The molecule has 1 N–H and O–H groups in total. The molecule has 3 rings (SSSR count). The van der Waals surface area contributed by atoms with Gasteiger partial charge >= 0.3 is 0 Å². The van der Waals surface area contributed by atoms with Gasteiger partial charge in [-0.1, -0.05) is 62.4 Å². The maximum atomic E-state index is 12.5. The third-order valence-electron chi connectivity index (χ3n) is 4.92. The lowest BCUT2D eigenvalue weighted by Crippen LogP contribution is -2.36. The number of aryl methyl sites for hydroxylation is 2. The van der Waals surface area contributed by atoms with Crippen molar-refractivity contribution in [1.29, 1.82) is 0 Å². The summed E-state index contributed by atoms with van der Waals surface area (Å²) in [5, 5.41) is 5.28. The molecule has 3 aromatic rings. The summed E-state index contributed by atoms with van der Waals surface area (Å²) in [5.41, 5.74) is 3.75. The smallest absolute Gasteiger partial charge is 0.261 e. The Kier molecular flexibility index (Phi) is 6.12. The maximum absolute atomic E-state index is 12.5. The summed E-state index contributed by atoms with van der Waals surface area (Å²) in [6.07, 6.45) is 1.40. The molecule has 0 aliphatic carbocycles. The average molecular weight is 361 g/mol. The third kappa shape index (κ3) is 4.68. The largest absolute Gasteiger partial charge is 0.481 e. The fraction of sp³-hybridized carbons (Fsp3) is 0.292. The summed E-state index contributed by atoms with van der Waals surface area (Å²) >= 11 is 0. The van der Waals surface area contributed by atoms with Gasteiger partial charge in [0, 0.05) is 6.54 Å². The molecule has 0 bridgehead atoms. The fourth-order valence-corrected chi connectivity index (χ4v) is 3.23. The molecule has 0 radical (unpaired) electrons. The van der Waals surface area contributed by atoms with Gasteiger partial charge in [-0.3, -0.25) is 4.79 Å². The van der Waals surface area contributed by atoms with E-state index in [1.54, 1.807) is 6.92 Å². The van der Waals surface area contributed by atoms with E-state index in [1.165, 1.54) is 16.7 Å². The molecule has 1 amide bonds. The highest BCUT2D eigenvalue weighted by Gasteiger charge is 2.15. The number of carbonyl (C=O) groups excluding carboxylic acids is 1. The Morgan fingerprint density at radius 1 is 0.926 bits per heavy atom. The monoisotopic (exact) mass is 361 g/mol. The quantitative estimate of drug-likeness (QED) is 0.640. The van der Waals surface area contributed by atoms with E-state index in [0.29, 0.717) is 12.3 Å². The Bertz CT molecular complexity index is 933. The standard InChI is InChI=1S/C24H27NO2/c1-4-18-10-11-19(5-2)22(14-18)16-25-24(26)17(3)27-23-13-12-20-8-6-7-9-21(20)15-23/h6-15,17H,4-5,16H2,1-3H3,(H,25,26)/t17-/m0/s1. The van der Waals surface area contributed by atoms with Crippen LogP contribution >= 0.6 is 0 Å². The SMILES string of the molecule is CCc1ccc(CC)c(CNC(=O)[C@H](C)Oc2ccc3ccccc3c2)c1. The molecule has 0 saturated heterocycles. The second kappa shape index (κ2) is 8.72. The molecule has 0 heterocycles. The van der Waals surface area contributed by atoms with Crippen molar-refractivity contribution in [3.63, 3.8) is 0 Å². The first-order chi connectivity index (χ1) is 13.1. The molecule has 3 nitrogen and oxygen atoms in total. The molecule has 27 heavy (non-hydrogen) atoms. The summed E-state index contributed by atoms with van der Waals surface area (Å²) in [6.45, 7) is 6.59. The van der Waals surface area contributed by atoms with Crippen LogP contribution in [-0.4, -0.2) is 12.0 Å².